The van der Waals surface area contributed by atoms with Gasteiger partial charge in [-0.3, -0.25) is 9.78 Å². The van der Waals surface area contributed by atoms with Gasteiger partial charge in [-0.2, -0.15) is 0 Å². The average molecular weight is 342 g/mol. The molecule has 0 aliphatic rings. The van der Waals surface area contributed by atoms with Crippen molar-refractivity contribution in [2.45, 2.75) is 6.10 Å². The van der Waals surface area contributed by atoms with Crippen LogP contribution in [0.2, 0.25) is 0 Å². The second kappa shape index (κ2) is 8.01. The molecule has 5 nitrogen and oxygen atoms in total. The van der Waals surface area contributed by atoms with Gasteiger partial charge in [0.25, 0.3) is 5.91 Å². The van der Waals surface area contributed by atoms with Crippen molar-refractivity contribution in [3.63, 3.8) is 0 Å². The van der Waals surface area contributed by atoms with Crippen LogP contribution in [0.15, 0.2) is 54.0 Å². The van der Waals surface area contributed by atoms with Gasteiger partial charge in [-0.1, -0.05) is 12.1 Å². The van der Waals surface area contributed by atoms with Crippen LogP contribution in [0, 0.1) is 0 Å². The Balaban J connectivity index is 1.40. The molecule has 0 saturated carbocycles. The number of aromatic nitrogens is 1. The van der Waals surface area contributed by atoms with E-state index in [9.17, 15) is 9.90 Å². The normalized spacial score (nSPS) is 12.2. The van der Waals surface area contributed by atoms with Gasteiger partial charge in [-0.05, 0) is 46.7 Å². The van der Waals surface area contributed by atoms with E-state index < -0.39 is 6.10 Å². The van der Waals surface area contributed by atoms with Crippen LogP contribution in [0.25, 0.3) is 10.1 Å². The lowest BCUT2D eigenvalue weighted by Crippen LogP contribution is -2.28. The Labute approximate surface area is 143 Å². The molecule has 1 aromatic carbocycles. The molecule has 124 valence electrons. The number of hydrogen-bond donors (Lipinski definition) is 2. The highest BCUT2D eigenvalue weighted by Gasteiger charge is 2.09. The molecular formula is C18H18N2O3S. The number of nitrogens with zero attached hydrogens (tertiary/aromatic N) is 1. The molecule has 1 amide bonds. The van der Waals surface area contributed by atoms with Crippen molar-refractivity contribution in [2.75, 3.05) is 19.8 Å². The highest BCUT2D eigenvalue weighted by Crippen LogP contribution is 2.24. The standard InChI is InChI=1S/C18H18N2O3S/c21-16(13-4-5-17-14(11-13)6-10-24-17)12-23-9-8-20-18(22)15-3-1-2-7-19-15/h1-7,10-11,16,21H,8-9,12H2,(H,20,22). The minimum atomic E-state index is -0.680. The number of nitrogens with one attached hydrogen (secondary N) is 1. The maximum Gasteiger partial charge on any atom is 0.269 e. The van der Waals surface area contributed by atoms with E-state index >= 15 is 0 Å². The van der Waals surface area contributed by atoms with Crippen molar-refractivity contribution in [1.82, 2.24) is 10.3 Å². The molecule has 3 rings (SSSR count). The number of fused-ring (bicyclic) bond motifs is 1. The zero-order chi connectivity index (χ0) is 16.8. The van der Waals surface area contributed by atoms with Gasteiger partial charge in [0.2, 0.25) is 0 Å². The van der Waals surface area contributed by atoms with Gasteiger partial charge in [0.05, 0.1) is 13.2 Å². The second-order valence-corrected chi connectivity index (χ2v) is 6.23. The predicted octanol–water partition coefficient (Wildman–Crippen LogP) is 2.78. The number of thiophene rings is 1. The topological polar surface area (TPSA) is 71.5 Å². The number of benzene rings is 1. The van der Waals surface area contributed by atoms with Gasteiger partial charge in [-0.25, -0.2) is 0 Å². The van der Waals surface area contributed by atoms with E-state index in [1.165, 1.54) is 4.70 Å². The summed E-state index contributed by atoms with van der Waals surface area (Å²) in [6, 6.07) is 13.1. The molecule has 0 bridgehead atoms. The summed E-state index contributed by atoms with van der Waals surface area (Å²) in [4.78, 5) is 15.8. The number of carbonyl (C=O) groups excluding carboxylic acids is 1. The lowest BCUT2D eigenvalue weighted by atomic mass is 10.1. The van der Waals surface area contributed by atoms with E-state index in [-0.39, 0.29) is 12.5 Å². The summed E-state index contributed by atoms with van der Waals surface area (Å²) in [6.45, 7) is 0.886. The summed E-state index contributed by atoms with van der Waals surface area (Å²) in [5.41, 5.74) is 1.21. The van der Waals surface area contributed by atoms with Crippen LogP contribution in [0.3, 0.4) is 0 Å². The van der Waals surface area contributed by atoms with Gasteiger partial charge in [0.15, 0.2) is 0 Å². The number of aliphatic hydroxyl groups excluding tert-OH is 1. The molecule has 0 saturated heterocycles. The first-order valence-corrected chi connectivity index (χ1v) is 8.54. The number of amides is 1. The Bertz CT molecular complexity index is 804. The van der Waals surface area contributed by atoms with E-state index in [1.54, 1.807) is 35.7 Å². The predicted molar refractivity (Wildman–Crippen MR) is 94.2 cm³/mol. The Morgan fingerprint density at radius 3 is 3.04 bits per heavy atom. The fourth-order valence-electron chi connectivity index (χ4n) is 2.31. The van der Waals surface area contributed by atoms with Gasteiger partial charge in [0, 0.05) is 17.4 Å². The van der Waals surface area contributed by atoms with Crippen LogP contribution in [0.1, 0.15) is 22.2 Å². The molecular weight excluding hydrogens is 324 g/mol. The molecule has 2 N–H and O–H groups in total. The Morgan fingerprint density at radius 1 is 1.29 bits per heavy atom. The first-order valence-electron chi connectivity index (χ1n) is 7.66. The van der Waals surface area contributed by atoms with Crippen LogP contribution in [-0.2, 0) is 4.74 Å². The summed E-state index contributed by atoms with van der Waals surface area (Å²) >= 11 is 1.67. The smallest absolute Gasteiger partial charge is 0.269 e. The zero-order valence-corrected chi connectivity index (χ0v) is 13.8. The lowest BCUT2D eigenvalue weighted by molar-refractivity contribution is 0.0371. The molecule has 0 aliphatic heterocycles. The van der Waals surface area contributed by atoms with Crippen LogP contribution >= 0.6 is 11.3 Å². The number of rotatable bonds is 7. The fourth-order valence-corrected chi connectivity index (χ4v) is 3.08. The number of ether oxygens (including phenoxy) is 1. The quantitative estimate of drug-likeness (QED) is 0.648. The zero-order valence-electron chi connectivity index (χ0n) is 13.0. The van der Waals surface area contributed by atoms with Crippen LogP contribution < -0.4 is 5.32 Å². The van der Waals surface area contributed by atoms with Gasteiger partial charge < -0.3 is 15.2 Å². The molecule has 6 heteroatoms. The van der Waals surface area contributed by atoms with E-state index in [1.807, 2.05) is 29.6 Å². The average Bonchev–Trinajstić information content (AvgIpc) is 3.09. The van der Waals surface area contributed by atoms with Crippen molar-refractivity contribution in [1.29, 1.82) is 0 Å². The number of pyridine rings is 1. The first-order chi connectivity index (χ1) is 11.7. The Hall–Kier alpha value is -2.28. The third-order valence-corrected chi connectivity index (χ3v) is 4.46. The molecule has 0 aliphatic carbocycles. The third kappa shape index (κ3) is 4.17. The monoisotopic (exact) mass is 342 g/mol. The van der Waals surface area contributed by atoms with Crippen molar-refractivity contribution in [3.8, 4) is 0 Å². The molecule has 3 aromatic rings. The van der Waals surface area contributed by atoms with Gasteiger partial charge >= 0.3 is 0 Å². The summed E-state index contributed by atoms with van der Waals surface area (Å²) in [5.74, 6) is -0.234. The van der Waals surface area contributed by atoms with Crippen molar-refractivity contribution >= 4 is 27.3 Å². The van der Waals surface area contributed by atoms with Crippen LogP contribution in [0.5, 0.6) is 0 Å². The van der Waals surface area contributed by atoms with Crippen molar-refractivity contribution in [3.05, 3.63) is 65.3 Å². The molecule has 0 spiro atoms. The Kier molecular flexibility index (Phi) is 5.53. The Morgan fingerprint density at radius 2 is 2.21 bits per heavy atom. The third-order valence-electron chi connectivity index (χ3n) is 3.57. The maximum absolute atomic E-state index is 11.8. The van der Waals surface area contributed by atoms with Gasteiger partial charge in [0.1, 0.15) is 11.8 Å². The summed E-state index contributed by atoms with van der Waals surface area (Å²) in [5, 5.41) is 16.1. The molecule has 0 fully saturated rings. The van der Waals surface area contributed by atoms with Crippen molar-refractivity contribution < 1.29 is 14.6 Å². The molecule has 24 heavy (non-hydrogen) atoms. The highest BCUT2D eigenvalue weighted by molar-refractivity contribution is 7.17. The van der Waals surface area contributed by atoms with Crippen molar-refractivity contribution in [2.24, 2.45) is 0 Å². The first kappa shape index (κ1) is 16.6. The summed E-state index contributed by atoms with van der Waals surface area (Å²) in [7, 11) is 0. The lowest BCUT2D eigenvalue weighted by Gasteiger charge is -2.12. The number of carbonyl (C=O) groups is 1. The van der Waals surface area contributed by atoms with E-state index in [0.717, 1.165) is 10.9 Å². The molecule has 1 unspecified atom stereocenters. The summed E-state index contributed by atoms with van der Waals surface area (Å²) in [6.07, 6.45) is 0.896. The van der Waals surface area contributed by atoms with Crippen LogP contribution in [0.4, 0.5) is 0 Å². The largest absolute Gasteiger partial charge is 0.386 e. The molecule has 1 atom stereocenters. The van der Waals surface area contributed by atoms with Crippen LogP contribution in [-0.4, -0.2) is 35.8 Å². The SMILES string of the molecule is O=C(NCCOCC(O)c1ccc2sccc2c1)c1ccccn1. The second-order valence-electron chi connectivity index (χ2n) is 5.28. The molecule has 2 heterocycles. The maximum atomic E-state index is 11.8. The summed E-state index contributed by atoms with van der Waals surface area (Å²) < 4.78 is 6.65. The number of hydrogen-bond acceptors (Lipinski definition) is 5. The van der Waals surface area contributed by atoms with E-state index in [4.69, 9.17) is 4.74 Å². The van der Waals surface area contributed by atoms with Gasteiger partial charge in [-0.15, -0.1) is 11.3 Å². The highest BCUT2D eigenvalue weighted by atomic mass is 32.1. The number of aliphatic hydroxyl groups is 1. The van der Waals surface area contributed by atoms with E-state index in [2.05, 4.69) is 10.3 Å². The molecule has 0 radical (unpaired) electrons. The van der Waals surface area contributed by atoms with E-state index in [0.29, 0.717) is 18.8 Å². The fraction of sp³-hybridized carbons (Fsp3) is 0.222. The molecule has 2 aromatic heterocycles. The minimum absolute atomic E-state index is 0.190. The minimum Gasteiger partial charge on any atom is -0.386 e.